The summed E-state index contributed by atoms with van der Waals surface area (Å²) in [6.45, 7) is 7.49. The first-order valence-corrected chi connectivity index (χ1v) is 8.38. The molecule has 0 aliphatic heterocycles. The van der Waals surface area contributed by atoms with Crippen molar-refractivity contribution in [1.29, 1.82) is 0 Å². The molecular weight excluding hydrogens is 314 g/mol. The predicted molar refractivity (Wildman–Crippen MR) is 90.3 cm³/mol. The van der Waals surface area contributed by atoms with Gasteiger partial charge in [0.05, 0.1) is 0 Å². The second kappa shape index (κ2) is 10.4. The average molecular weight is 342 g/mol. The van der Waals surface area contributed by atoms with E-state index in [1.165, 1.54) is 22.9 Å². The van der Waals surface area contributed by atoms with Gasteiger partial charge in [0.1, 0.15) is 0 Å². The predicted octanol–water partition coefficient (Wildman–Crippen LogP) is 4.60. The first-order valence-electron chi connectivity index (χ1n) is 7.59. The molecule has 0 fully saturated rings. The number of hydrogen-bond acceptors (Lipinski definition) is 2. The minimum absolute atomic E-state index is 0.571. The van der Waals surface area contributed by atoms with Gasteiger partial charge in [0.25, 0.3) is 0 Å². The van der Waals surface area contributed by atoms with Crippen LogP contribution in [0.2, 0.25) is 0 Å². The van der Waals surface area contributed by atoms with Gasteiger partial charge < -0.3 is 10.1 Å². The van der Waals surface area contributed by atoms with E-state index in [-0.39, 0.29) is 0 Å². The van der Waals surface area contributed by atoms with Gasteiger partial charge in [0.2, 0.25) is 0 Å². The van der Waals surface area contributed by atoms with E-state index in [0.29, 0.717) is 11.8 Å². The summed E-state index contributed by atoms with van der Waals surface area (Å²) in [4.78, 5) is 0. The molecule has 0 aliphatic carbocycles. The molecule has 0 saturated carbocycles. The molecule has 3 heteroatoms. The standard InChI is InChI=1S/C17H28BrNO/c1-14(2)12-19-13-15(8-6-7-11-20-3)16-9-4-5-10-17(16)18/h4-5,9-10,14-15,19H,6-8,11-13H2,1-3H3. The van der Waals surface area contributed by atoms with Gasteiger partial charge in [0.15, 0.2) is 0 Å². The van der Waals surface area contributed by atoms with Crippen LogP contribution < -0.4 is 5.32 Å². The molecule has 0 radical (unpaired) electrons. The maximum atomic E-state index is 5.14. The van der Waals surface area contributed by atoms with Crippen LogP contribution >= 0.6 is 15.9 Å². The van der Waals surface area contributed by atoms with E-state index in [1.54, 1.807) is 7.11 Å². The largest absolute Gasteiger partial charge is 0.385 e. The zero-order valence-corrected chi connectivity index (χ0v) is 14.6. The van der Waals surface area contributed by atoms with Gasteiger partial charge in [-0.15, -0.1) is 0 Å². The number of rotatable bonds is 10. The first kappa shape index (κ1) is 17.7. The number of hydrogen-bond donors (Lipinski definition) is 1. The molecule has 20 heavy (non-hydrogen) atoms. The van der Waals surface area contributed by atoms with E-state index in [0.717, 1.165) is 26.1 Å². The maximum Gasteiger partial charge on any atom is 0.0462 e. The van der Waals surface area contributed by atoms with E-state index in [4.69, 9.17) is 4.74 Å². The minimum atomic E-state index is 0.571. The highest BCUT2D eigenvalue weighted by Crippen LogP contribution is 2.28. The molecule has 1 atom stereocenters. The fraction of sp³-hybridized carbons (Fsp3) is 0.647. The number of halogens is 1. The van der Waals surface area contributed by atoms with Crippen LogP contribution in [0, 0.1) is 5.92 Å². The average Bonchev–Trinajstić information content (AvgIpc) is 2.42. The lowest BCUT2D eigenvalue weighted by Gasteiger charge is -2.20. The molecule has 0 heterocycles. The summed E-state index contributed by atoms with van der Waals surface area (Å²) in [6.07, 6.45) is 3.56. The quantitative estimate of drug-likeness (QED) is 0.628. The summed E-state index contributed by atoms with van der Waals surface area (Å²) in [5.74, 6) is 1.27. The van der Waals surface area contributed by atoms with Crippen LogP contribution in [-0.4, -0.2) is 26.8 Å². The normalized spacial score (nSPS) is 12.8. The highest BCUT2D eigenvalue weighted by atomic mass is 79.9. The fourth-order valence-corrected chi connectivity index (χ4v) is 2.97. The monoisotopic (exact) mass is 341 g/mol. The van der Waals surface area contributed by atoms with Crippen molar-refractivity contribution < 1.29 is 4.74 Å². The number of ether oxygens (including phenoxy) is 1. The molecule has 0 spiro atoms. The molecule has 0 saturated heterocycles. The Hall–Kier alpha value is -0.380. The minimum Gasteiger partial charge on any atom is -0.385 e. The Morgan fingerprint density at radius 3 is 2.55 bits per heavy atom. The molecule has 1 rings (SSSR count). The van der Waals surface area contributed by atoms with Crippen molar-refractivity contribution in [2.45, 2.75) is 39.0 Å². The zero-order valence-electron chi connectivity index (χ0n) is 13.0. The molecule has 1 unspecified atom stereocenters. The van der Waals surface area contributed by atoms with Crippen molar-refractivity contribution in [2.24, 2.45) is 5.92 Å². The van der Waals surface area contributed by atoms with E-state index in [1.807, 2.05) is 0 Å². The second-order valence-electron chi connectivity index (χ2n) is 5.76. The van der Waals surface area contributed by atoms with Crippen LogP contribution in [-0.2, 0) is 4.74 Å². The van der Waals surface area contributed by atoms with E-state index in [9.17, 15) is 0 Å². The molecule has 1 aromatic rings. The van der Waals surface area contributed by atoms with Gasteiger partial charge >= 0.3 is 0 Å². The summed E-state index contributed by atoms with van der Waals surface area (Å²) in [5, 5.41) is 3.60. The SMILES string of the molecule is COCCCCC(CNCC(C)C)c1ccccc1Br. The molecule has 0 bridgehead atoms. The van der Waals surface area contributed by atoms with Crippen molar-refractivity contribution in [1.82, 2.24) is 5.32 Å². The van der Waals surface area contributed by atoms with Gasteiger partial charge in [-0.05, 0) is 42.9 Å². The Morgan fingerprint density at radius 2 is 1.90 bits per heavy atom. The van der Waals surface area contributed by atoms with Crippen LogP contribution in [0.3, 0.4) is 0 Å². The molecule has 114 valence electrons. The Labute approximate surface area is 132 Å². The van der Waals surface area contributed by atoms with Crippen molar-refractivity contribution in [2.75, 3.05) is 26.8 Å². The van der Waals surface area contributed by atoms with Crippen LogP contribution in [0.25, 0.3) is 0 Å². The first-order chi connectivity index (χ1) is 9.65. The van der Waals surface area contributed by atoms with Crippen molar-refractivity contribution in [3.8, 4) is 0 Å². The lowest BCUT2D eigenvalue weighted by Crippen LogP contribution is -2.25. The van der Waals surface area contributed by atoms with Crippen LogP contribution in [0.5, 0.6) is 0 Å². The Balaban J connectivity index is 2.56. The summed E-state index contributed by atoms with van der Waals surface area (Å²) >= 11 is 3.69. The number of unbranched alkanes of at least 4 members (excludes halogenated alkanes) is 1. The third kappa shape index (κ3) is 6.87. The molecule has 0 amide bonds. The lowest BCUT2D eigenvalue weighted by molar-refractivity contribution is 0.191. The molecule has 2 nitrogen and oxygen atoms in total. The Morgan fingerprint density at radius 1 is 1.15 bits per heavy atom. The summed E-state index contributed by atoms with van der Waals surface area (Å²) in [5.41, 5.74) is 1.42. The Kier molecular flexibility index (Phi) is 9.16. The third-order valence-electron chi connectivity index (χ3n) is 3.44. The molecule has 1 N–H and O–H groups in total. The zero-order chi connectivity index (χ0) is 14.8. The molecular formula is C17H28BrNO. The molecule has 1 aromatic carbocycles. The maximum absolute atomic E-state index is 5.14. The number of methoxy groups -OCH3 is 1. The van der Waals surface area contributed by atoms with Crippen LogP contribution in [0.15, 0.2) is 28.7 Å². The third-order valence-corrected chi connectivity index (χ3v) is 4.16. The van der Waals surface area contributed by atoms with Gasteiger partial charge in [-0.1, -0.05) is 54.4 Å². The van der Waals surface area contributed by atoms with Crippen LogP contribution in [0.4, 0.5) is 0 Å². The van der Waals surface area contributed by atoms with E-state index < -0.39 is 0 Å². The topological polar surface area (TPSA) is 21.3 Å². The molecule has 0 aliphatic rings. The highest BCUT2D eigenvalue weighted by Gasteiger charge is 2.14. The smallest absolute Gasteiger partial charge is 0.0462 e. The number of nitrogens with one attached hydrogen (secondary N) is 1. The van der Waals surface area contributed by atoms with E-state index in [2.05, 4.69) is 59.4 Å². The Bertz CT molecular complexity index is 368. The summed E-state index contributed by atoms with van der Waals surface area (Å²) in [7, 11) is 1.77. The lowest BCUT2D eigenvalue weighted by atomic mass is 9.93. The van der Waals surface area contributed by atoms with Crippen molar-refractivity contribution >= 4 is 15.9 Å². The van der Waals surface area contributed by atoms with Gasteiger partial charge in [-0.25, -0.2) is 0 Å². The van der Waals surface area contributed by atoms with E-state index >= 15 is 0 Å². The van der Waals surface area contributed by atoms with Crippen LogP contribution in [0.1, 0.15) is 44.6 Å². The van der Waals surface area contributed by atoms with Gasteiger partial charge in [0, 0.05) is 24.7 Å². The van der Waals surface area contributed by atoms with Crippen molar-refractivity contribution in [3.05, 3.63) is 34.3 Å². The number of benzene rings is 1. The second-order valence-corrected chi connectivity index (χ2v) is 6.61. The van der Waals surface area contributed by atoms with Gasteiger partial charge in [-0.3, -0.25) is 0 Å². The fourth-order valence-electron chi connectivity index (χ4n) is 2.36. The molecule has 0 aromatic heterocycles. The summed E-state index contributed by atoms with van der Waals surface area (Å²) in [6, 6.07) is 8.59. The van der Waals surface area contributed by atoms with Gasteiger partial charge in [-0.2, -0.15) is 0 Å². The summed E-state index contributed by atoms with van der Waals surface area (Å²) < 4.78 is 6.37. The highest BCUT2D eigenvalue weighted by molar-refractivity contribution is 9.10. The van der Waals surface area contributed by atoms with Crippen molar-refractivity contribution in [3.63, 3.8) is 0 Å².